The zero-order valence-corrected chi connectivity index (χ0v) is 15.5. The highest BCUT2D eigenvalue weighted by Crippen LogP contribution is 2.37. The number of anilines is 1. The van der Waals surface area contributed by atoms with Gasteiger partial charge in [-0.2, -0.15) is 5.10 Å². The van der Waals surface area contributed by atoms with E-state index < -0.39 is 0 Å². The standard InChI is InChI=1S/C22H18ClFN2O/c1-27-20-11-7-15(8-12-20)21-14-22(16-5-9-18(24)10-6-16)26(25-21)19-4-2-3-17(23)13-19/h2-13,22H,14H2,1H3/t22-/m1/s1. The molecule has 27 heavy (non-hydrogen) atoms. The molecule has 0 unspecified atom stereocenters. The SMILES string of the molecule is COc1ccc(C2=NN(c3cccc(Cl)c3)[C@@H](c3ccc(F)cc3)C2)cc1. The van der Waals surface area contributed by atoms with Gasteiger partial charge in [0, 0.05) is 11.4 Å². The van der Waals surface area contributed by atoms with E-state index in [0.717, 1.165) is 28.3 Å². The zero-order chi connectivity index (χ0) is 18.8. The van der Waals surface area contributed by atoms with Gasteiger partial charge in [-0.15, -0.1) is 0 Å². The maximum absolute atomic E-state index is 13.4. The van der Waals surface area contributed by atoms with Crippen molar-refractivity contribution in [2.45, 2.75) is 12.5 Å². The number of hydrogen-bond donors (Lipinski definition) is 0. The molecule has 0 bridgehead atoms. The molecule has 0 N–H and O–H groups in total. The molecule has 0 spiro atoms. The summed E-state index contributed by atoms with van der Waals surface area (Å²) in [5, 5.41) is 7.47. The molecule has 3 nitrogen and oxygen atoms in total. The number of ether oxygens (including phenoxy) is 1. The van der Waals surface area contributed by atoms with E-state index in [1.807, 2.05) is 65.7 Å². The molecule has 0 saturated carbocycles. The Kier molecular flexibility index (Phi) is 4.82. The fourth-order valence-corrected chi connectivity index (χ4v) is 3.45. The molecular weight excluding hydrogens is 363 g/mol. The summed E-state index contributed by atoms with van der Waals surface area (Å²) in [5.74, 6) is 0.557. The van der Waals surface area contributed by atoms with E-state index in [9.17, 15) is 4.39 Å². The minimum atomic E-state index is -0.248. The van der Waals surface area contributed by atoms with Gasteiger partial charge < -0.3 is 4.74 Å². The van der Waals surface area contributed by atoms with Crippen LogP contribution in [0.4, 0.5) is 10.1 Å². The van der Waals surface area contributed by atoms with Crippen molar-refractivity contribution in [3.8, 4) is 5.75 Å². The van der Waals surface area contributed by atoms with Crippen molar-refractivity contribution in [1.82, 2.24) is 0 Å². The van der Waals surface area contributed by atoms with E-state index in [-0.39, 0.29) is 11.9 Å². The van der Waals surface area contributed by atoms with E-state index in [0.29, 0.717) is 11.4 Å². The summed E-state index contributed by atoms with van der Waals surface area (Å²) in [4.78, 5) is 0. The summed E-state index contributed by atoms with van der Waals surface area (Å²) in [6, 6.07) is 22.0. The fourth-order valence-electron chi connectivity index (χ4n) is 3.27. The Morgan fingerprint density at radius 2 is 1.78 bits per heavy atom. The average Bonchev–Trinajstić information content (AvgIpc) is 3.14. The lowest BCUT2D eigenvalue weighted by molar-refractivity contribution is 0.415. The largest absolute Gasteiger partial charge is 0.497 e. The Bertz CT molecular complexity index is 970. The van der Waals surface area contributed by atoms with Crippen LogP contribution < -0.4 is 9.75 Å². The monoisotopic (exact) mass is 380 g/mol. The molecule has 1 aliphatic heterocycles. The molecule has 1 heterocycles. The summed E-state index contributed by atoms with van der Waals surface area (Å²) >= 11 is 6.19. The lowest BCUT2D eigenvalue weighted by Crippen LogP contribution is -2.18. The third-order valence-corrected chi connectivity index (χ3v) is 4.90. The van der Waals surface area contributed by atoms with Gasteiger partial charge in [0.15, 0.2) is 0 Å². The normalized spacial score (nSPS) is 16.3. The summed E-state index contributed by atoms with van der Waals surface area (Å²) in [7, 11) is 1.65. The van der Waals surface area contributed by atoms with Gasteiger partial charge in [0.2, 0.25) is 0 Å². The highest BCUT2D eigenvalue weighted by Gasteiger charge is 2.30. The van der Waals surface area contributed by atoms with Crippen molar-refractivity contribution in [2.24, 2.45) is 5.10 Å². The van der Waals surface area contributed by atoms with Crippen molar-refractivity contribution in [2.75, 3.05) is 12.1 Å². The number of hydrazone groups is 1. The van der Waals surface area contributed by atoms with Crippen molar-refractivity contribution < 1.29 is 9.13 Å². The van der Waals surface area contributed by atoms with E-state index in [2.05, 4.69) is 0 Å². The molecule has 1 aliphatic rings. The Hall–Kier alpha value is -2.85. The average molecular weight is 381 g/mol. The Labute approximate surface area is 162 Å². The van der Waals surface area contributed by atoms with Crippen LogP contribution in [0.15, 0.2) is 77.9 Å². The van der Waals surface area contributed by atoms with E-state index in [1.165, 1.54) is 12.1 Å². The molecule has 0 radical (unpaired) electrons. The molecule has 1 atom stereocenters. The molecule has 4 rings (SSSR count). The van der Waals surface area contributed by atoms with Gasteiger partial charge in [0.05, 0.1) is 24.6 Å². The van der Waals surface area contributed by atoms with E-state index in [1.54, 1.807) is 7.11 Å². The molecular formula is C22H18ClFN2O. The number of nitrogens with zero attached hydrogens (tertiary/aromatic N) is 2. The van der Waals surface area contributed by atoms with Crippen molar-refractivity contribution in [1.29, 1.82) is 0 Å². The molecule has 0 amide bonds. The lowest BCUT2D eigenvalue weighted by Gasteiger charge is -2.24. The number of halogens is 2. The molecule has 0 aliphatic carbocycles. The second-order valence-electron chi connectivity index (χ2n) is 6.37. The van der Waals surface area contributed by atoms with Crippen molar-refractivity contribution in [3.63, 3.8) is 0 Å². The first-order chi connectivity index (χ1) is 13.1. The van der Waals surface area contributed by atoms with Crippen LogP contribution in [0.1, 0.15) is 23.6 Å². The maximum Gasteiger partial charge on any atom is 0.123 e. The topological polar surface area (TPSA) is 24.8 Å². The van der Waals surface area contributed by atoms with Gasteiger partial charge >= 0.3 is 0 Å². The predicted octanol–water partition coefficient (Wildman–Crippen LogP) is 5.84. The Balaban J connectivity index is 1.73. The van der Waals surface area contributed by atoms with Crippen LogP contribution in [0, 0.1) is 5.82 Å². The first kappa shape index (κ1) is 17.6. The zero-order valence-electron chi connectivity index (χ0n) is 14.8. The van der Waals surface area contributed by atoms with E-state index >= 15 is 0 Å². The number of benzene rings is 3. The van der Waals surface area contributed by atoms with Crippen LogP contribution in [0.5, 0.6) is 5.75 Å². The Morgan fingerprint density at radius 3 is 2.44 bits per heavy atom. The molecule has 0 aromatic heterocycles. The minimum Gasteiger partial charge on any atom is -0.497 e. The van der Waals surface area contributed by atoms with Crippen LogP contribution >= 0.6 is 11.6 Å². The highest BCUT2D eigenvalue weighted by atomic mass is 35.5. The lowest BCUT2D eigenvalue weighted by atomic mass is 9.98. The summed E-state index contributed by atoms with van der Waals surface area (Å²) in [5.41, 5.74) is 3.91. The highest BCUT2D eigenvalue weighted by molar-refractivity contribution is 6.30. The van der Waals surface area contributed by atoms with Gasteiger partial charge in [0.25, 0.3) is 0 Å². The summed E-state index contributed by atoms with van der Waals surface area (Å²) in [6.45, 7) is 0. The third-order valence-electron chi connectivity index (χ3n) is 4.66. The second-order valence-corrected chi connectivity index (χ2v) is 6.81. The van der Waals surface area contributed by atoms with Gasteiger partial charge in [-0.3, -0.25) is 5.01 Å². The molecule has 5 heteroatoms. The van der Waals surface area contributed by atoms with Crippen LogP contribution in [0.3, 0.4) is 0 Å². The minimum absolute atomic E-state index is 0.0267. The maximum atomic E-state index is 13.4. The van der Waals surface area contributed by atoms with Crippen molar-refractivity contribution >= 4 is 23.0 Å². The second kappa shape index (κ2) is 7.41. The van der Waals surface area contributed by atoms with Crippen LogP contribution in [-0.4, -0.2) is 12.8 Å². The van der Waals surface area contributed by atoms with Crippen LogP contribution in [-0.2, 0) is 0 Å². The first-order valence-electron chi connectivity index (χ1n) is 8.66. The van der Waals surface area contributed by atoms with Gasteiger partial charge in [-0.05, 0) is 65.7 Å². The molecule has 3 aromatic carbocycles. The van der Waals surface area contributed by atoms with Crippen LogP contribution in [0.25, 0.3) is 0 Å². The van der Waals surface area contributed by atoms with E-state index in [4.69, 9.17) is 21.4 Å². The first-order valence-corrected chi connectivity index (χ1v) is 9.04. The number of rotatable bonds is 4. The number of methoxy groups -OCH3 is 1. The summed E-state index contributed by atoms with van der Waals surface area (Å²) < 4.78 is 18.6. The summed E-state index contributed by atoms with van der Waals surface area (Å²) in [6.07, 6.45) is 0.713. The Morgan fingerprint density at radius 1 is 1.04 bits per heavy atom. The molecule has 0 saturated heterocycles. The molecule has 0 fully saturated rings. The predicted molar refractivity (Wildman–Crippen MR) is 107 cm³/mol. The van der Waals surface area contributed by atoms with Gasteiger partial charge in [-0.1, -0.05) is 29.8 Å². The van der Waals surface area contributed by atoms with Crippen LogP contribution in [0.2, 0.25) is 5.02 Å². The molecule has 3 aromatic rings. The quantitative estimate of drug-likeness (QED) is 0.567. The van der Waals surface area contributed by atoms with Gasteiger partial charge in [0.1, 0.15) is 11.6 Å². The number of hydrogen-bond acceptors (Lipinski definition) is 3. The van der Waals surface area contributed by atoms with Gasteiger partial charge in [-0.25, -0.2) is 4.39 Å². The van der Waals surface area contributed by atoms with Crippen molar-refractivity contribution in [3.05, 3.63) is 94.8 Å². The molecule has 136 valence electrons. The smallest absolute Gasteiger partial charge is 0.123 e. The third kappa shape index (κ3) is 3.67. The fraction of sp³-hybridized carbons (Fsp3) is 0.136.